The Morgan fingerprint density at radius 2 is 1.09 bits per heavy atom. The van der Waals surface area contributed by atoms with Crippen LogP contribution in [0.15, 0.2) is 36.7 Å². The Morgan fingerprint density at radius 1 is 0.707 bits per heavy atom. The number of hydrogen-bond donors (Lipinski definition) is 4. The topological polar surface area (TPSA) is 203 Å². The van der Waals surface area contributed by atoms with Gasteiger partial charge in [0.2, 0.25) is 11.2 Å². The summed E-state index contributed by atoms with van der Waals surface area (Å²) < 4.78 is 33.5. The van der Waals surface area contributed by atoms with Crippen molar-refractivity contribution < 1.29 is 38.2 Å². The molecular formula is C42H38F2N8O6. The third-order valence-electron chi connectivity index (χ3n) is 12.4. The highest BCUT2D eigenvalue weighted by molar-refractivity contribution is 5.93. The second-order valence-corrected chi connectivity index (χ2v) is 16.1. The van der Waals surface area contributed by atoms with Gasteiger partial charge in [0.15, 0.2) is 0 Å². The molecule has 16 heteroatoms. The van der Waals surface area contributed by atoms with Gasteiger partial charge in [-0.15, -0.1) is 0 Å². The Kier molecular flexibility index (Phi) is 8.40. The van der Waals surface area contributed by atoms with Crippen molar-refractivity contribution in [3.8, 4) is 46.5 Å². The van der Waals surface area contributed by atoms with Crippen molar-refractivity contribution in [2.24, 2.45) is 11.5 Å². The van der Waals surface area contributed by atoms with Crippen LogP contribution in [0, 0.1) is 35.3 Å². The minimum absolute atomic E-state index is 0.0776. The van der Waals surface area contributed by atoms with Crippen molar-refractivity contribution in [3.63, 3.8) is 0 Å². The second-order valence-electron chi connectivity index (χ2n) is 16.1. The van der Waals surface area contributed by atoms with Gasteiger partial charge in [0.1, 0.15) is 34.7 Å². The van der Waals surface area contributed by atoms with Gasteiger partial charge >= 0.3 is 0 Å². The van der Waals surface area contributed by atoms with Crippen LogP contribution in [0.3, 0.4) is 0 Å². The number of nitrogens with two attached hydrogens (primary N) is 2. The van der Waals surface area contributed by atoms with Crippen LogP contribution in [0.25, 0.3) is 22.8 Å². The Balaban J connectivity index is 0.000000150. The molecule has 2 aromatic carbocycles. The molecular weight excluding hydrogens is 751 g/mol. The molecule has 2 aromatic heterocycles. The molecule has 296 valence electrons. The molecule has 2 saturated carbocycles. The summed E-state index contributed by atoms with van der Waals surface area (Å²) in [5, 5.41) is 21.0. The zero-order valence-electron chi connectivity index (χ0n) is 31.6. The Morgan fingerprint density at radius 3 is 1.41 bits per heavy atom. The van der Waals surface area contributed by atoms with E-state index < -0.39 is 46.5 Å². The molecule has 4 bridgehead atoms. The summed E-state index contributed by atoms with van der Waals surface area (Å²) >= 11 is 0. The van der Waals surface area contributed by atoms with Crippen LogP contribution in [0.4, 0.5) is 8.78 Å². The number of nitrogens with zero attached hydrogens (tertiary/aromatic N) is 6. The average molecular weight is 789 g/mol. The highest BCUT2D eigenvalue weighted by Gasteiger charge is 2.44. The van der Waals surface area contributed by atoms with Crippen LogP contribution in [0.1, 0.15) is 106 Å². The number of aromatic nitrogens is 4. The van der Waals surface area contributed by atoms with Gasteiger partial charge in [0.05, 0.1) is 11.1 Å². The highest BCUT2D eigenvalue weighted by atomic mass is 19.1. The van der Waals surface area contributed by atoms with E-state index >= 15 is 0 Å². The maximum Gasteiger partial charge on any atom is 0.268 e. The van der Waals surface area contributed by atoms with Crippen molar-refractivity contribution in [1.82, 2.24) is 28.9 Å². The van der Waals surface area contributed by atoms with Crippen molar-refractivity contribution in [2.45, 2.75) is 73.6 Å². The highest BCUT2D eigenvalue weighted by Crippen LogP contribution is 2.53. The zero-order valence-corrected chi connectivity index (χ0v) is 31.6. The van der Waals surface area contributed by atoms with Crippen LogP contribution >= 0.6 is 0 Å². The maximum atomic E-state index is 14.8. The summed E-state index contributed by atoms with van der Waals surface area (Å²) in [4.78, 5) is 59.0. The van der Waals surface area contributed by atoms with Gasteiger partial charge in [-0.2, -0.15) is 0 Å². The van der Waals surface area contributed by atoms with E-state index in [1.165, 1.54) is 21.9 Å². The molecule has 6 N–H and O–H groups in total. The van der Waals surface area contributed by atoms with Gasteiger partial charge in [0, 0.05) is 75.6 Å². The molecule has 2 atom stereocenters. The summed E-state index contributed by atoms with van der Waals surface area (Å²) in [7, 11) is 3.18. The molecule has 0 radical (unpaired) electrons. The number of primary amides is 2. The molecule has 12 rings (SSSR count). The van der Waals surface area contributed by atoms with E-state index in [9.17, 15) is 38.2 Å². The fourth-order valence-corrected chi connectivity index (χ4v) is 8.83. The largest absolute Gasteiger partial charge is 0.369 e. The predicted octanol–water partition coefficient (Wildman–Crippen LogP) is 2.33. The van der Waals surface area contributed by atoms with Crippen LogP contribution < -0.4 is 11.5 Å². The molecule has 8 heterocycles. The van der Waals surface area contributed by atoms with Crippen LogP contribution in [0.2, 0.25) is 0 Å². The predicted molar refractivity (Wildman–Crippen MR) is 202 cm³/mol. The number of carbonyl (C=O) groups excluding carboxylic acids is 4. The number of imidazole rings is 2. The lowest BCUT2D eigenvalue weighted by Crippen LogP contribution is -2.37. The lowest BCUT2D eigenvalue weighted by molar-refractivity contribution is -0.138. The van der Waals surface area contributed by atoms with E-state index in [0.29, 0.717) is 35.9 Å². The van der Waals surface area contributed by atoms with Gasteiger partial charge < -0.3 is 40.6 Å². The smallest absolute Gasteiger partial charge is 0.268 e. The van der Waals surface area contributed by atoms with E-state index in [4.69, 9.17) is 11.5 Å². The first-order chi connectivity index (χ1) is 27.5. The Bertz CT molecular complexity index is 2460. The monoisotopic (exact) mass is 788 g/mol. The van der Waals surface area contributed by atoms with Crippen molar-refractivity contribution in [3.05, 3.63) is 81.9 Å². The van der Waals surface area contributed by atoms with Gasteiger partial charge in [-0.1, -0.05) is 23.7 Å². The third kappa shape index (κ3) is 5.85. The number of carbonyl (C=O) groups is 4. The van der Waals surface area contributed by atoms with E-state index in [0.717, 1.165) is 36.8 Å². The summed E-state index contributed by atoms with van der Waals surface area (Å²) in [5.74, 6) is 8.80. The number of likely N-dealkylation sites (tertiary alicyclic amines) is 2. The fraction of sp³-hybridized carbons (Fsp3) is 0.381. The molecule has 4 fully saturated rings. The first-order valence-electron chi connectivity index (χ1n) is 19.0. The van der Waals surface area contributed by atoms with E-state index in [2.05, 4.69) is 33.6 Å². The minimum atomic E-state index is -1.80. The molecule has 4 amide bonds. The number of hydrogen-bond acceptors (Lipinski definition) is 8. The van der Waals surface area contributed by atoms with Gasteiger partial charge in [-0.25, -0.2) is 18.7 Å². The van der Waals surface area contributed by atoms with Crippen molar-refractivity contribution >= 4 is 23.6 Å². The van der Waals surface area contributed by atoms with Crippen LogP contribution in [-0.4, -0.2) is 101 Å². The fourth-order valence-electron chi connectivity index (χ4n) is 8.83. The average Bonchev–Trinajstić information content (AvgIpc) is 3.84. The molecule has 58 heavy (non-hydrogen) atoms. The molecule has 6 aliphatic heterocycles. The van der Waals surface area contributed by atoms with Crippen molar-refractivity contribution in [1.29, 1.82) is 0 Å². The molecule has 8 aliphatic rings. The first kappa shape index (κ1) is 37.2. The summed E-state index contributed by atoms with van der Waals surface area (Å²) in [6.07, 6.45) is 7.05. The molecule has 2 aliphatic carbocycles. The zero-order chi connectivity index (χ0) is 41.0. The van der Waals surface area contributed by atoms with Gasteiger partial charge in [-0.05, 0) is 72.9 Å². The summed E-state index contributed by atoms with van der Waals surface area (Å²) in [6.45, 7) is 0.792. The molecule has 14 nitrogen and oxygen atoms in total. The lowest BCUT2D eigenvalue weighted by atomic mass is 9.75. The number of halogens is 2. The molecule has 2 saturated heterocycles. The summed E-state index contributed by atoms with van der Waals surface area (Å²) in [5.41, 5.74) is 10.8. The van der Waals surface area contributed by atoms with Gasteiger partial charge in [0.25, 0.3) is 23.6 Å². The number of benzene rings is 2. The number of aliphatic hydroxyl groups is 2. The standard InChI is InChI=1S/2C21H19FN4O3/c2*1-25-5-4-21(29,20(25)28)3-2-11-8-15-14(9-16(11)22)12-6-13(7-12)26-10-17(18(23)27)24-19(15)26/h2*8-10,12-13,29H,4-7H2,1H3,(H2,23,27)/t2*12?,13?,21-/m10/s1. The lowest BCUT2D eigenvalue weighted by Gasteiger charge is -2.34. The van der Waals surface area contributed by atoms with Crippen LogP contribution in [-0.2, 0) is 9.59 Å². The Labute approximate surface area is 330 Å². The Hall–Kier alpha value is -6.36. The second kappa shape index (κ2) is 13.1. The SMILES string of the molecule is CN1CC[C@@](O)(C#Cc2cc3c(cc2F)C2CC(C2)n2cc(C(N)=O)nc2-3)C1=O.CN1CC[C@](O)(C#Cc2cc3c(cc2F)C2CC(C2)n2cc(C(N)=O)nc2-3)C1=O. The minimum Gasteiger partial charge on any atom is -0.369 e. The summed E-state index contributed by atoms with van der Waals surface area (Å²) in [6, 6.07) is 6.51. The molecule has 0 unspecified atom stereocenters. The molecule has 4 aromatic rings. The van der Waals surface area contributed by atoms with Crippen LogP contribution in [0.5, 0.6) is 0 Å². The third-order valence-corrected chi connectivity index (χ3v) is 12.4. The normalized spacial score (nSPS) is 26.7. The van der Waals surface area contributed by atoms with Gasteiger partial charge in [-0.3, -0.25) is 19.2 Å². The molecule has 0 spiro atoms. The number of amides is 4. The first-order valence-corrected chi connectivity index (χ1v) is 19.0. The quantitative estimate of drug-likeness (QED) is 0.222. The van der Waals surface area contributed by atoms with E-state index in [1.54, 1.807) is 38.6 Å². The van der Waals surface area contributed by atoms with E-state index in [-0.39, 0.29) is 59.3 Å². The number of rotatable bonds is 2. The maximum absolute atomic E-state index is 14.8. The van der Waals surface area contributed by atoms with E-state index in [1.807, 2.05) is 9.13 Å². The number of likely N-dealkylation sites (N-methyl/N-ethyl adjacent to an activating group) is 2. The van der Waals surface area contributed by atoms with Crippen molar-refractivity contribution in [2.75, 3.05) is 27.2 Å².